The number of hydrazine groups is 36. The van der Waals surface area contributed by atoms with Crippen molar-refractivity contribution in [1.29, 1.82) is 0 Å². The van der Waals surface area contributed by atoms with Gasteiger partial charge >= 0.3 is 0 Å². The van der Waals surface area contributed by atoms with Crippen molar-refractivity contribution in [2.45, 2.75) is 0 Å². The first-order valence-corrected chi connectivity index (χ1v) is 9.08. The van der Waals surface area contributed by atoms with Gasteiger partial charge in [0.2, 0.25) is 0 Å². The molecule has 0 atom stereocenters. The molecule has 0 aliphatic carbocycles. The minimum absolute atomic E-state index is 2.12. The molecule has 0 aromatic rings. The highest BCUT2D eigenvalue weighted by Gasteiger charge is 1.86. The molecular formula is H39N37. The lowest BCUT2D eigenvalue weighted by Crippen LogP contribution is -2.70. The Morgan fingerprint density at radius 3 is 0.297 bits per heavy atom. The summed E-state index contributed by atoms with van der Waals surface area (Å²) in [6, 6.07) is 0. The highest BCUT2D eigenvalue weighted by Crippen LogP contribution is 1.31. The van der Waals surface area contributed by atoms with Crippen LogP contribution < -0.4 is 205 Å². The average molecular weight is 558 g/mol. The quantitative estimate of drug-likeness (QED) is 0.0198. The fourth-order valence-corrected chi connectivity index (χ4v) is 1.04. The third-order valence-electron chi connectivity index (χ3n) is 2.14. The van der Waals surface area contributed by atoms with Gasteiger partial charge in [0.05, 0.1) is 0 Å². The highest BCUT2D eigenvalue weighted by atomic mass is 16.0. The lowest BCUT2D eigenvalue weighted by atomic mass is 12.0. The van der Waals surface area contributed by atoms with Crippen LogP contribution in [0.25, 0.3) is 0 Å². The summed E-state index contributed by atoms with van der Waals surface area (Å²) < 4.78 is 0. The summed E-state index contributed by atoms with van der Waals surface area (Å²) in [7, 11) is 0. The number of nitrogens with one attached hydrogen (secondary N) is 35. The average Bonchev–Trinajstić information content (AvgIpc) is 2.91. The molecular weight excluding hydrogens is 518 g/mol. The summed E-state index contributed by atoms with van der Waals surface area (Å²) in [6.45, 7) is 0. The molecule has 0 aromatic heterocycles. The Morgan fingerprint density at radius 1 is 0.135 bits per heavy atom. The minimum Gasteiger partial charge on any atom is -0.257 e. The number of hydrogen-bond acceptors (Lipinski definition) is 37. The normalized spacial score (nSPS) is 11.5. The van der Waals surface area contributed by atoms with E-state index in [0.29, 0.717) is 0 Å². The molecule has 0 bridgehead atoms. The molecule has 39 N–H and O–H groups in total. The summed E-state index contributed by atoms with van der Waals surface area (Å²) in [5.41, 5.74) is 85.6. The van der Waals surface area contributed by atoms with Crippen molar-refractivity contribution in [3.8, 4) is 0 Å². The van der Waals surface area contributed by atoms with Gasteiger partial charge in [-0.25, -0.2) is 0 Å². The van der Waals surface area contributed by atoms with Crippen LogP contribution in [-0.2, 0) is 0 Å². The Bertz CT molecular complexity index is 325. The molecule has 0 fully saturated rings. The van der Waals surface area contributed by atoms with Crippen LogP contribution >= 0.6 is 0 Å². The zero-order valence-corrected chi connectivity index (χ0v) is 18.7. The van der Waals surface area contributed by atoms with Gasteiger partial charge < -0.3 is 0 Å². The van der Waals surface area contributed by atoms with E-state index in [2.05, 4.69) is 194 Å². The zero-order valence-electron chi connectivity index (χ0n) is 18.7. The molecule has 0 aromatic carbocycles. The van der Waals surface area contributed by atoms with Crippen LogP contribution in [0.1, 0.15) is 0 Å². The smallest absolute Gasteiger partial charge is 0.164 e. The predicted octanol–water partition coefficient (Wildman–Crippen LogP) is -18.5. The fraction of sp³-hybridized carbons (Fsp3) is 0. The lowest BCUT2D eigenvalue weighted by molar-refractivity contribution is 0.181. The standard InChI is InChI=1S/H39N37/c1-3-5-7-9-11-13-15-17-19-21-23-25-27-29-31-33-35-37-36-34-32-30-28-26-24-22-20-18-16-14-12-10-8-6-4-2/h3-37H,1-2H2. The first kappa shape index (κ1) is 35.5. The van der Waals surface area contributed by atoms with Crippen LogP contribution in [0.3, 0.4) is 0 Å². The first-order chi connectivity index (χ1) is 18.4. The Hall–Kier alpha value is -1.48. The van der Waals surface area contributed by atoms with E-state index in [-0.39, 0.29) is 0 Å². The molecule has 37 nitrogen and oxygen atoms in total. The molecule has 0 amide bonds. The molecule has 37 heteroatoms. The lowest BCUT2D eigenvalue weighted by Gasteiger charge is -2.16. The molecule has 0 spiro atoms. The molecule has 37 heavy (non-hydrogen) atoms. The van der Waals surface area contributed by atoms with E-state index in [1.54, 1.807) is 0 Å². The second kappa shape index (κ2) is 34.5. The number of hydrogen-bond donors (Lipinski definition) is 37. The van der Waals surface area contributed by atoms with Crippen molar-refractivity contribution in [3.05, 3.63) is 0 Å². The molecule has 0 radical (unpaired) electrons. The van der Waals surface area contributed by atoms with Crippen LogP contribution in [0.15, 0.2) is 0 Å². The van der Waals surface area contributed by atoms with Crippen molar-refractivity contribution in [2.75, 3.05) is 0 Å². The Morgan fingerprint density at radius 2 is 0.216 bits per heavy atom. The Kier molecular flexibility index (Phi) is 33.1. The molecule has 224 valence electrons. The van der Waals surface area contributed by atoms with E-state index in [0.717, 1.165) is 0 Å². The molecule has 0 unspecified atom stereocenters. The van der Waals surface area contributed by atoms with Crippen LogP contribution in [0.2, 0.25) is 0 Å². The summed E-state index contributed by atoms with van der Waals surface area (Å²) in [4.78, 5) is 0. The van der Waals surface area contributed by atoms with Crippen molar-refractivity contribution < 1.29 is 0 Å². The van der Waals surface area contributed by atoms with Crippen LogP contribution in [-0.4, -0.2) is 0 Å². The van der Waals surface area contributed by atoms with E-state index in [4.69, 9.17) is 11.7 Å². The largest absolute Gasteiger partial charge is 0.257 e. The molecule has 0 saturated heterocycles. The SMILES string of the molecule is NNNNNNNNNNNNNNNNNNNNNNNNNNNNNNNNNNNNN. The summed E-state index contributed by atoms with van der Waals surface area (Å²) in [5, 5.41) is 0. The van der Waals surface area contributed by atoms with E-state index in [9.17, 15) is 0 Å². The summed E-state index contributed by atoms with van der Waals surface area (Å²) in [5.74, 6) is 9.85. The first-order valence-electron chi connectivity index (χ1n) is 9.08. The summed E-state index contributed by atoms with van der Waals surface area (Å²) in [6.07, 6.45) is 0. The Labute approximate surface area is 206 Å². The molecule has 0 saturated carbocycles. The van der Waals surface area contributed by atoms with Crippen molar-refractivity contribution in [3.63, 3.8) is 0 Å². The maximum absolute atomic E-state index is 4.93. The fourth-order valence-electron chi connectivity index (χ4n) is 1.04. The topological polar surface area (TPSA) is 473 Å². The van der Waals surface area contributed by atoms with Crippen LogP contribution in [0, 0.1) is 0 Å². The van der Waals surface area contributed by atoms with E-state index in [1.807, 2.05) is 0 Å². The van der Waals surface area contributed by atoms with Crippen LogP contribution in [0.5, 0.6) is 0 Å². The second-order valence-electron chi connectivity index (χ2n) is 4.41. The van der Waals surface area contributed by atoms with Gasteiger partial charge in [-0.2, -0.15) is 194 Å². The van der Waals surface area contributed by atoms with E-state index in [1.165, 1.54) is 0 Å². The van der Waals surface area contributed by atoms with Gasteiger partial charge in [0.1, 0.15) is 0 Å². The highest BCUT2D eigenvalue weighted by molar-refractivity contribution is 4.20. The van der Waals surface area contributed by atoms with E-state index < -0.39 is 0 Å². The maximum Gasteiger partial charge on any atom is -0.164 e. The van der Waals surface area contributed by atoms with Gasteiger partial charge in [-0.3, -0.25) is 11.7 Å². The zero-order chi connectivity index (χ0) is 26.7. The molecule has 0 rings (SSSR count). The van der Waals surface area contributed by atoms with Crippen molar-refractivity contribution in [2.24, 2.45) is 11.7 Å². The third kappa shape index (κ3) is 34.5. The maximum atomic E-state index is 4.93. The predicted molar refractivity (Wildman–Crippen MR) is 118 cm³/mol. The molecule has 0 heterocycles. The summed E-state index contributed by atoms with van der Waals surface area (Å²) >= 11 is 0. The van der Waals surface area contributed by atoms with Gasteiger partial charge in [-0.05, 0) is 0 Å². The van der Waals surface area contributed by atoms with Crippen LogP contribution in [0.4, 0.5) is 0 Å². The van der Waals surface area contributed by atoms with E-state index >= 15 is 0 Å². The number of rotatable bonds is 34. The van der Waals surface area contributed by atoms with Gasteiger partial charge in [-0.15, -0.1) is 0 Å². The Balaban J connectivity index is 3.00. The number of nitrogens with two attached hydrogens (primary N) is 2. The van der Waals surface area contributed by atoms with Crippen molar-refractivity contribution in [1.82, 2.24) is 194 Å². The van der Waals surface area contributed by atoms with Gasteiger partial charge in [-0.1, -0.05) is 0 Å². The third-order valence-corrected chi connectivity index (χ3v) is 2.14. The minimum atomic E-state index is 2.12. The van der Waals surface area contributed by atoms with Gasteiger partial charge in [0, 0.05) is 0 Å². The second-order valence-corrected chi connectivity index (χ2v) is 4.41. The molecule has 0 aliphatic heterocycles. The molecule has 0 aliphatic rings. The van der Waals surface area contributed by atoms with Gasteiger partial charge in [0.25, 0.3) is 0 Å². The van der Waals surface area contributed by atoms with Gasteiger partial charge in [0.15, 0.2) is 0 Å². The van der Waals surface area contributed by atoms with Crippen molar-refractivity contribution >= 4 is 0 Å². The monoisotopic (exact) mass is 557 g/mol.